The summed E-state index contributed by atoms with van der Waals surface area (Å²) in [5, 5.41) is 2.08. The van der Waals surface area contributed by atoms with Gasteiger partial charge in [-0.1, -0.05) is 6.07 Å². The lowest BCUT2D eigenvalue weighted by atomic mass is 10.1. The molecule has 98 valence electrons. The van der Waals surface area contributed by atoms with Crippen molar-refractivity contribution in [2.75, 3.05) is 6.54 Å². The van der Waals surface area contributed by atoms with Crippen LogP contribution in [-0.4, -0.2) is 17.4 Å². The first kappa shape index (κ1) is 13.1. The maximum absolute atomic E-state index is 12.6. The molecule has 1 atom stereocenters. The van der Waals surface area contributed by atoms with Crippen molar-refractivity contribution in [3.8, 4) is 0 Å². The van der Waals surface area contributed by atoms with Gasteiger partial charge in [0.25, 0.3) is 5.91 Å². The van der Waals surface area contributed by atoms with Gasteiger partial charge in [-0.2, -0.15) is 0 Å². The van der Waals surface area contributed by atoms with Crippen molar-refractivity contribution in [2.24, 2.45) is 0 Å². The van der Waals surface area contributed by atoms with Crippen LogP contribution < -0.4 is 0 Å². The lowest BCUT2D eigenvalue weighted by Gasteiger charge is -2.24. The third-order valence-electron chi connectivity index (χ3n) is 3.48. The van der Waals surface area contributed by atoms with Gasteiger partial charge in [0.1, 0.15) is 0 Å². The molecule has 2 nitrogen and oxygen atoms in total. The first-order chi connectivity index (χ1) is 9.25. The van der Waals surface area contributed by atoms with E-state index in [2.05, 4.69) is 40.1 Å². The fourth-order valence-electron chi connectivity index (χ4n) is 2.54. The van der Waals surface area contributed by atoms with Crippen molar-refractivity contribution in [2.45, 2.75) is 18.9 Å². The highest BCUT2D eigenvalue weighted by Crippen LogP contribution is 2.35. The summed E-state index contributed by atoms with van der Waals surface area (Å²) in [6.07, 6.45) is 2.18. The highest BCUT2D eigenvalue weighted by molar-refractivity contribution is 14.1. The monoisotopic (exact) mass is 383 g/mol. The van der Waals surface area contributed by atoms with Crippen LogP contribution in [0.15, 0.2) is 41.8 Å². The zero-order valence-corrected chi connectivity index (χ0v) is 13.4. The number of hydrogen-bond donors (Lipinski definition) is 0. The summed E-state index contributed by atoms with van der Waals surface area (Å²) < 4.78 is 1.16. The molecule has 19 heavy (non-hydrogen) atoms. The van der Waals surface area contributed by atoms with E-state index in [9.17, 15) is 4.79 Å². The average molecular weight is 383 g/mol. The Balaban J connectivity index is 1.84. The summed E-state index contributed by atoms with van der Waals surface area (Å²) in [7, 11) is 0. The summed E-state index contributed by atoms with van der Waals surface area (Å²) in [5.41, 5.74) is 0.795. The molecule has 1 aliphatic heterocycles. The second-order valence-electron chi connectivity index (χ2n) is 4.68. The van der Waals surface area contributed by atoms with E-state index in [0.717, 1.165) is 28.5 Å². The zero-order valence-electron chi connectivity index (χ0n) is 10.4. The second kappa shape index (κ2) is 5.63. The van der Waals surface area contributed by atoms with E-state index < -0.39 is 0 Å². The Morgan fingerprint density at radius 2 is 2.05 bits per heavy atom. The largest absolute Gasteiger partial charge is 0.331 e. The highest BCUT2D eigenvalue weighted by Gasteiger charge is 2.30. The molecule has 0 saturated carbocycles. The standard InChI is InChI=1S/C15H14INOS/c16-12-7-5-11(6-8-12)15(18)17-9-1-3-13(17)14-4-2-10-19-14/h2,4-8,10,13H,1,3,9H2. The van der Waals surface area contributed by atoms with E-state index in [1.807, 2.05) is 29.2 Å². The fraction of sp³-hybridized carbons (Fsp3) is 0.267. The quantitative estimate of drug-likeness (QED) is 0.707. The molecule has 0 spiro atoms. The SMILES string of the molecule is O=C(c1ccc(I)cc1)N1CCCC1c1cccs1. The van der Waals surface area contributed by atoms with Gasteiger partial charge in [-0.15, -0.1) is 11.3 Å². The van der Waals surface area contributed by atoms with Gasteiger partial charge in [0, 0.05) is 20.6 Å². The zero-order chi connectivity index (χ0) is 13.2. The first-order valence-corrected chi connectivity index (χ1v) is 8.31. The van der Waals surface area contributed by atoms with Gasteiger partial charge in [0.2, 0.25) is 0 Å². The van der Waals surface area contributed by atoms with Crippen molar-refractivity contribution in [3.63, 3.8) is 0 Å². The first-order valence-electron chi connectivity index (χ1n) is 6.35. The lowest BCUT2D eigenvalue weighted by Crippen LogP contribution is -2.30. The number of nitrogens with zero attached hydrogens (tertiary/aromatic N) is 1. The van der Waals surface area contributed by atoms with Gasteiger partial charge in [-0.3, -0.25) is 4.79 Å². The predicted octanol–water partition coefficient (Wildman–Crippen LogP) is 4.33. The Hall–Kier alpha value is -0.880. The van der Waals surface area contributed by atoms with E-state index in [1.54, 1.807) is 11.3 Å². The van der Waals surface area contributed by atoms with Gasteiger partial charge in [0.15, 0.2) is 0 Å². The third-order valence-corrected chi connectivity index (χ3v) is 5.17. The number of benzene rings is 1. The van der Waals surface area contributed by atoms with E-state index in [0.29, 0.717) is 0 Å². The number of rotatable bonds is 2. The van der Waals surface area contributed by atoms with Crippen LogP contribution in [0.4, 0.5) is 0 Å². The minimum Gasteiger partial charge on any atom is -0.331 e. The van der Waals surface area contributed by atoms with Crippen LogP contribution in [0.1, 0.15) is 34.1 Å². The van der Waals surface area contributed by atoms with Crippen LogP contribution in [0.3, 0.4) is 0 Å². The molecule has 2 heterocycles. The summed E-state index contributed by atoms with van der Waals surface area (Å²) in [6.45, 7) is 0.868. The molecule has 4 heteroatoms. The molecule has 0 bridgehead atoms. The van der Waals surface area contributed by atoms with Crippen LogP contribution >= 0.6 is 33.9 Å². The number of hydrogen-bond acceptors (Lipinski definition) is 2. The molecule has 0 radical (unpaired) electrons. The van der Waals surface area contributed by atoms with Gasteiger partial charge < -0.3 is 4.90 Å². The number of carbonyl (C=O) groups excluding carboxylic acids is 1. The summed E-state index contributed by atoms with van der Waals surface area (Å²) >= 11 is 4.00. The van der Waals surface area contributed by atoms with E-state index in [-0.39, 0.29) is 11.9 Å². The molecule has 1 aromatic carbocycles. The van der Waals surface area contributed by atoms with Crippen LogP contribution in [0.2, 0.25) is 0 Å². The molecule has 1 fully saturated rings. The predicted molar refractivity (Wildman–Crippen MR) is 86.5 cm³/mol. The molecule has 1 aromatic heterocycles. The van der Waals surface area contributed by atoms with Crippen molar-refractivity contribution in [3.05, 3.63) is 55.8 Å². The Morgan fingerprint density at radius 1 is 1.26 bits per heavy atom. The molecule has 3 rings (SSSR count). The van der Waals surface area contributed by atoms with Crippen molar-refractivity contribution >= 4 is 39.8 Å². The van der Waals surface area contributed by atoms with Gasteiger partial charge in [0.05, 0.1) is 6.04 Å². The van der Waals surface area contributed by atoms with E-state index in [1.165, 1.54) is 4.88 Å². The Morgan fingerprint density at radius 3 is 2.74 bits per heavy atom. The number of thiophene rings is 1. The smallest absolute Gasteiger partial charge is 0.254 e. The van der Waals surface area contributed by atoms with Gasteiger partial charge in [-0.05, 0) is 71.1 Å². The molecule has 1 saturated heterocycles. The van der Waals surface area contributed by atoms with Crippen molar-refractivity contribution < 1.29 is 4.79 Å². The van der Waals surface area contributed by atoms with Crippen molar-refractivity contribution in [1.82, 2.24) is 4.90 Å². The molecule has 1 unspecified atom stereocenters. The number of halogens is 1. The number of likely N-dealkylation sites (tertiary alicyclic amines) is 1. The summed E-state index contributed by atoms with van der Waals surface area (Å²) in [4.78, 5) is 15.9. The van der Waals surface area contributed by atoms with Gasteiger partial charge >= 0.3 is 0 Å². The molecular weight excluding hydrogens is 369 g/mol. The normalized spacial score (nSPS) is 18.8. The molecule has 0 aliphatic carbocycles. The van der Waals surface area contributed by atoms with E-state index >= 15 is 0 Å². The van der Waals surface area contributed by atoms with E-state index in [4.69, 9.17) is 0 Å². The fourth-order valence-corrected chi connectivity index (χ4v) is 3.78. The average Bonchev–Trinajstić information content (AvgIpc) is 3.09. The van der Waals surface area contributed by atoms with Crippen LogP contribution in [0.25, 0.3) is 0 Å². The van der Waals surface area contributed by atoms with Crippen LogP contribution in [0, 0.1) is 3.57 Å². The molecule has 1 aliphatic rings. The maximum atomic E-state index is 12.6. The second-order valence-corrected chi connectivity index (χ2v) is 6.90. The third kappa shape index (κ3) is 2.69. The molecule has 0 N–H and O–H groups in total. The molecular formula is C15H14INOS. The van der Waals surface area contributed by atoms with Crippen LogP contribution in [0.5, 0.6) is 0 Å². The Kier molecular flexibility index (Phi) is 3.88. The Labute approximate surface area is 130 Å². The molecule has 1 amide bonds. The highest BCUT2D eigenvalue weighted by atomic mass is 127. The summed E-state index contributed by atoms with van der Waals surface area (Å²) in [6, 6.07) is 12.3. The minimum atomic E-state index is 0.160. The van der Waals surface area contributed by atoms with Crippen molar-refractivity contribution in [1.29, 1.82) is 0 Å². The van der Waals surface area contributed by atoms with Gasteiger partial charge in [-0.25, -0.2) is 0 Å². The maximum Gasteiger partial charge on any atom is 0.254 e. The lowest BCUT2D eigenvalue weighted by molar-refractivity contribution is 0.0738. The summed E-state index contributed by atoms with van der Waals surface area (Å²) in [5.74, 6) is 0.160. The topological polar surface area (TPSA) is 20.3 Å². The molecule has 2 aromatic rings. The number of carbonyl (C=O) groups is 1. The number of amides is 1. The Bertz CT molecular complexity index is 564. The van der Waals surface area contributed by atoms with Crippen LogP contribution in [-0.2, 0) is 0 Å². The minimum absolute atomic E-state index is 0.160.